The molecule has 6 heteroatoms. The maximum absolute atomic E-state index is 12.1. The standard InChI is InChI=1S/C17H20N4O2/c1-4-13-10(3)12-6-9(2)5-11(15(12)20-13)7-18-16(22)14-8-19-17(23)21-14/h5-6,8,20H,4,7H2,1-3H3,(H,18,22)(H2,19,21,23). The molecule has 0 bridgehead atoms. The van der Waals surface area contributed by atoms with Crippen molar-refractivity contribution >= 4 is 16.8 Å². The zero-order valence-electron chi connectivity index (χ0n) is 13.5. The SMILES string of the molecule is CCc1[nH]c2c(CNC(=O)c3c[nH]c(=O)[nH]3)cc(C)cc2c1C. The highest BCUT2D eigenvalue weighted by Crippen LogP contribution is 2.26. The first-order valence-corrected chi connectivity index (χ1v) is 7.66. The molecule has 0 saturated heterocycles. The van der Waals surface area contributed by atoms with Crippen molar-refractivity contribution in [2.75, 3.05) is 0 Å². The highest BCUT2D eigenvalue weighted by atomic mass is 16.2. The van der Waals surface area contributed by atoms with Crippen LogP contribution in [0, 0.1) is 13.8 Å². The zero-order chi connectivity index (χ0) is 16.6. The second-order valence-corrected chi connectivity index (χ2v) is 5.77. The lowest BCUT2D eigenvalue weighted by Gasteiger charge is -2.07. The van der Waals surface area contributed by atoms with E-state index >= 15 is 0 Å². The fourth-order valence-corrected chi connectivity index (χ4v) is 2.93. The normalized spacial score (nSPS) is 11.1. The van der Waals surface area contributed by atoms with Gasteiger partial charge in [0, 0.05) is 23.8 Å². The molecule has 2 aromatic heterocycles. The summed E-state index contributed by atoms with van der Waals surface area (Å²) in [6.07, 6.45) is 2.31. The van der Waals surface area contributed by atoms with Gasteiger partial charge in [0.2, 0.25) is 0 Å². The van der Waals surface area contributed by atoms with Crippen molar-refractivity contribution in [1.29, 1.82) is 0 Å². The molecule has 4 N–H and O–H groups in total. The van der Waals surface area contributed by atoms with Crippen molar-refractivity contribution in [3.05, 3.63) is 56.9 Å². The highest BCUT2D eigenvalue weighted by molar-refractivity contribution is 5.93. The number of imidazole rings is 1. The van der Waals surface area contributed by atoms with Crippen molar-refractivity contribution in [3.63, 3.8) is 0 Å². The molecule has 0 atom stereocenters. The lowest BCUT2D eigenvalue weighted by molar-refractivity contribution is 0.0946. The number of fused-ring (bicyclic) bond motifs is 1. The number of carbonyl (C=O) groups is 1. The second-order valence-electron chi connectivity index (χ2n) is 5.77. The van der Waals surface area contributed by atoms with Crippen LogP contribution in [0.5, 0.6) is 0 Å². The van der Waals surface area contributed by atoms with E-state index in [2.05, 4.69) is 46.2 Å². The molecule has 3 aromatic rings. The van der Waals surface area contributed by atoms with Crippen molar-refractivity contribution in [3.8, 4) is 0 Å². The molecule has 0 fully saturated rings. The van der Waals surface area contributed by atoms with Crippen LogP contribution in [0.25, 0.3) is 10.9 Å². The summed E-state index contributed by atoms with van der Waals surface area (Å²) in [5, 5.41) is 4.04. The minimum atomic E-state index is -0.388. The molecule has 6 nitrogen and oxygen atoms in total. The molecule has 3 rings (SSSR count). The first-order valence-electron chi connectivity index (χ1n) is 7.66. The van der Waals surface area contributed by atoms with Crippen LogP contribution < -0.4 is 11.0 Å². The Morgan fingerprint density at radius 1 is 1.22 bits per heavy atom. The van der Waals surface area contributed by atoms with Crippen LogP contribution in [-0.2, 0) is 13.0 Å². The molecular weight excluding hydrogens is 292 g/mol. The number of carbonyl (C=O) groups excluding carboxylic acids is 1. The number of benzene rings is 1. The smallest absolute Gasteiger partial charge is 0.323 e. The van der Waals surface area contributed by atoms with Gasteiger partial charge < -0.3 is 20.3 Å². The van der Waals surface area contributed by atoms with Crippen LogP contribution in [-0.4, -0.2) is 20.9 Å². The molecular formula is C17H20N4O2. The molecule has 0 aliphatic rings. The first kappa shape index (κ1) is 15.1. The number of aryl methyl sites for hydroxylation is 3. The quantitative estimate of drug-likeness (QED) is 0.595. The number of rotatable bonds is 4. The van der Waals surface area contributed by atoms with Gasteiger partial charge in [0.05, 0.1) is 5.52 Å². The van der Waals surface area contributed by atoms with E-state index in [0.29, 0.717) is 6.54 Å². The summed E-state index contributed by atoms with van der Waals surface area (Å²) in [6.45, 7) is 6.68. The van der Waals surface area contributed by atoms with E-state index in [1.54, 1.807) is 0 Å². The molecule has 0 radical (unpaired) electrons. The summed E-state index contributed by atoms with van der Waals surface area (Å²) >= 11 is 0. The number of amides is 1. The van der Waals surface area contributed by atoms with Gasteiger partial charge in [-0.05, 0) is 37.5 Å². The Kier molecular flexibility index (Phi) is 3.82. The van der Waals surface area contributed by atoms with Crippen LogP contribution in [0.15, 0.2) is 23.1 Å². The van der Waals surface area contributed by atoms with Crippen molar-refractivity contribution < 1.29 is 4.79 Å². The Morgan fingerprint density at radius 2 is 2.00 bits per heavy atom. The fraction of sp³-hybridized carbons (Fsp3) is 0.294. The molecule has 23 heavy (non-hydrogen) atoms. The maximum atomic E-state index is 12.1. The first-order chi connectivity index (χ1) is 11.0. The van der Waals surface area contributed by atoms with Crippen molar-refractivity contribution in [1.82, 2.24) is 20.3 Å². The monoisotopic (exact) mass is 312 g/mol. The van der Waals surface area contributed by atoms with Gasteiger partial charge in [-0.2, -0.15) is 0 Å². The van der Waals surface area contributed by atoms with Crippen molar-refractivity contribution in [2.24, 2.45) is 0 Å². The van der Waals surface area contributed by atoms with E-state index in [1.807, 2.05) is 6.92 Å². The number of aromatic nitrogens is 3. The molecule has 0 saturated carbocycles. The summed E-state index contributed by atoms with van der Waals surface area (Å²) in [5.74, 6) is -0.308. The number of aromatic amines is 3. The summed E-state index contributed by atoms with van der Waals surface area (Å²) in [4.78, 5) is 31.5. The van der Waals surface area contributed by atoms with E-state index in [-0.39, 0.29) is 17.3 Å². The van der Waals surface area contributed by atoms with E-state index in [1.165, 1.54) is 22.8 Å². The lowest BCUT2D eigenvalue weighted by Crippen LogP contribution is -2.24. The summed E-state index contributed by atoms with van der Waals surface area (Å²) in [7, 11) is 0. The summed E-state index contributed by atoms with van der Waals surface area (Å²) in [5.41, 5.74) is 5.57. The van der Waals surface area contributed by atoms with Gasteiger partial charge in [-0.25, -0.2) is 4.79 Å². The third-order valence-electron chi connectivity index (χ3n) is 4.13. The molecule has 1 aromatic carbocycles. The van der Waals surface area contributed by atoms with Crippen LogP contribution in [0.3, 0.4) is 0 Å². The van der Waals surface area contributed by atoms with Gasteiger partial charge >= 0.3 is 5.69 Å². The molecule has 0 aliphatic carbocycles. The van der Waals surface area contributed by atoms with Crippen LogP contribution >= 0.6 is 0 Å². The average molecular weight is 312 g/mol. The van der Waals surface area contributed by atoms with Crippen molar-refractivity contribution in [2.45, 2.75) is 33.7 Å². The lowest BCUT2D eigenvalue weighted by atomic mass is 10.0. The van der Waals surface area contributed by atoms with Gasteiger partial charge in [-0.1, -0.05) is 18.6 Å². The van der Waals surface area contributed by atoms with Gasteiger partial charge in [-0.15, -0.1) is 0 Å². The fourth-order valence-electron chi connectivity index (χ4n) is 2.93. The minimum Gasteiger partial charge on any atom is -0.358 e. The Hall–Kier alpha value is -2.76. The Morgan fingerprint density at radius 3 is 2.65 bits per heavy atom. The van der Waals surface area contributed by atoms with Crippen LogP contribution in [0.1, 0.15) is 39.8 Å². The third-order valence-corrected chi connectivity index (χ3v) is 4.13. The molecule has 2 heterocycles. The van der Waals surface area contributed by atoms with Crippen LogP contribution in [0.2, 0.25) is 0 Å². The predicted octanol–water partition coefficient (Wildman–Crippen LogP) is 2.29. The van der Waals surface area contributed by atoms with Gasteiger partial charge in [0.1, 0.15) is 5.69 Å². The van der Waals surface area contributed by atoms with E-state index < -0.39 is 0 Å². The van der Waals surface area contributed by atoms with Crippen LogP contribution in [0.4, 0.5) is 0 Å². The van der Waals surface area contributed by atoms with Gasteiger partial charge in [-0.3, -0.25) is 4.79 Å². The molecule has 0 spiro atoms. The third kappa shape index (κ3) is 2.79. The molecule has 0 aliphatic heterocycles. The summed E-state index contributed by atoms with van der Waals surface area (Å²) in [6, 6.07) is 4.23. The summed E-state index contributed by atoms with van der Waals surface area (Å²) < 4.78 is 0. The Bertz CT molecular complexity index is 930. The van der Waals surface area contributed by atoms with Gasteiger partial charge in [0.15, 0.2) is 0 Å². The topological polar surface area (TPSA) is 93.5 Å². The number of H-pyrrole nitrogens is 3. The maximum Gasteiger partial charge on any atom is 0.323 e. The van der Waals surface area contributed by atoms with Gasteiger partial charge in [0.25, 0.3) is 5.91 Å². The van der Waals surface area contributed by atoms with E-state index in [0.717, 1.165) is 23.1 Å². The largest absolute Gasteiger partial charge is 0.358 e. The number of hydrogen-bond donors (Lipinski definition) is 4. The zero-order valence-corrected chi connectivity index (χ0v) is 13.5. The second kappa shape index (κ2) is 5.79. The molecule has 0 unspecified atom stereocenters. The van der Waals surface area contributed by atoms with E-state index in [4.69, 9.17) is 0 Å². The minimum absolute atomic E-state index is 0.232. The Labute approximate surface area is 133 Å². The van der Waals surface area contributed by atoms with E-state index in [9.17, 15) is 9.59 Å². The predicted molar refractivity (Wildman–Crippen MR) is 89.7 cm³/mol. The Balaban J connectivity index is 1.90. The number of hydrogen-bond acceptors (Lipinski definition) is 2. The average Bonchev–Trinajstić information content (AvgIpc) is 3.09. The number of nitrogens with one attached hydrogen (secondary N) is 4. The molecule has 120 valence electrons. The highest BCUT2D eigenvalue weighted by Gasteiger charge is 2.13. The molecule has 1 amide bonds.